The third kappa shape index (κ3) is 6.18. The molecular weight excluding hydrogens is 521 g/mol. The van der Waals surface area contributed by atoms with Gasteiger partial charge < -0.3 is 13.9 Å². The second-order valence-electron chi connectivity index (χ2n) is 10.3. The molecule has 39 heavy (non-hydrogen) atoms. The SMILES string of the molecule is CO[C@](C(=O)O[C@@H](C)/C=C/CO[Si](c1ccccc1)(c1ccccc1)C(C)(C)C)(c1ccccc1)C(F)(F)F. The number of benzene rings is 3. The Labute approximate surface area is 229 Å². The van der Waals surface area contributed by atoms with Crippen molar-refractivity contribution < 1.29 is 31.9 Å². The van der Waals surface area contributed by atoms with Gasteiger partial charge in [-0.1, -0.05) is 118 Å². The first kappa shape index (κ1) is 30.3. The minimum absolute atomic E-state index is 0.183. The lowest BCUT2D eigenvalue weighted by molar-refractivity contribution is -0.277. The van der Waals surface area contributed by atoms with Crippen LogP contribution in [-0.4, -0.2) is 40.3 Å². The first-order valence-electron chi connectivity index (χ1n) is 12.7. The topological polar surface area (TPSA) is 44.8 Å². The molecule has 0 heterocycles. The summed E-state index contributed by atoms with van der Waals surface area (Å²) in [7, 11) is -1.94. The van der Waals surface area contributed by atoms with Crippen LogP contribution in [0.3, 0.4) is 0 Å². The summed E-state index contributed by atoms with van der Waals surface area (Å²) in [5.41, 5.74) is -3.59. The van der Waals surface area contributed by atoms with E-state index in [1.165, 1.54) is 37.3 Å². The Hall–Kier alpha value is -3.20. The van der Waals surface area contributed by atoms with Crippen LogP contribution in [0.4, 0.5) is 13.2 Å². The average molecular weight is 557 g/mol. The van der Waals surface area contributed by atoms with Gasteiger partial charge in [-0.15, -0.1) is 0 Å². The van der Waals surface area contributed by atoms with Crippen molar-refractivity contribution in [2.24, 2.45) is 0 Å². The zero-order valence-electron chi connectivity index (χ0n) is 22.9. The largest absolute Gasteiger partial charge is 0.456 e. The van der Waals surface area contributed by atoms with Gasteiger partial charge in [-0.25, -0.2) is 4.79 Å². The van der Waals surface area contributed by atoms with Crippen LogP contribution in [0.1, 0.15) is 33.3 Å². The average Bonchev–Trinajstić information content (AvgIpc) is 2.89. The van der Waals surface area contributed by atoms with E-state index in [9.17, 15) is 18.0 Å². The molecule has 0 aliphatic heterocycles. The first-order valence-corrected chi connectivity index (χ1v) is 14.6. The van der Waals surface area contributed by atoms with Crippen LogP contribution in [0.25, 0.3) is 0 Å². The molecule has 208 valence electrons. The molecule has 0 spiro atoms. The second-order valence-corrected chi connectivity index (χ2v) is 14.6. The maximum Gasteiger partial charge on any atom is 0.432 e. The Morgan fingerprint density at radius 3 is 1.72 bits per heavy atom. The highest BCUT2D eigenvalue weighted by molar-refractivity contribution is 6.99. The number of ether oxygens (including phenoxy) is 2. The lowest BCUT2D eigenvalue weighted by Gasteiger charge is -2.42. The van der Waals surface area contributed by atoms with Crippen LogP contribution >= 0.6 is 0 Å². The van der Waals surface area contributed by atoms with E-state index in [0.717, 1.165) is 17.5 Å². The molecule has 2 atom stereocenters. The number of hydrogen-bond donors (Lipinski definition) is 0. The molecule has 0 bridgehead atoms. The highest BCUT2D eigenvalue weighted by Gasteiger charge is 2.64. The summed E-state index contributed by atoms with van der Waals surface area (Å²) in [4.78, 5) is 12.9. The standard InChI is InChI=1S/C31H35F3O4Si/c1-24(38-28(35)30(36-5,31(32,33)34)25-17-9-6-10-18-25)16-15-23-37-39(29(2,3)4,26-19-11-7-12-20-26)27-21-13-8-14-22-27/h6-22,24H,23H2,1-5H3/b16-15+/t24-,30-/m0/s1. The molecule has 0 saturated heterocycles. The first-order chi connectivity index (χ1) is 18.4. The zero-order valence-corrected chi connectivity index (χ0v) is 23.9. The van der Waals surface area contributed by atoms with Crippen molar-refractivity contribution in [3.05, 3.63) is 109 Å². The number of hydrogen-bond acceptors (Lipinski definition) is 4. The maximum absolute atomic E-state index is 14.2. The van der Waals surface area contributed by atoms with Crippen molar-refractivity contribution in [2.45, 2.75) is 50.6 Å². The third-order valence-electron chi connectivity index (χ3n) is 6.69. The Morgan fingerprint density at radius 2 is 1.31 bits per heavy atom. The van der Waals surface area contributed by atoms with Crippen LogP contribution in [0.2, 0.25) is 5.04 Å². The van der Waals surface area contributed by atoms with Crippen LogP contribution in [0.5, 0.6) is 0 Å². The predicted molar refractivity (Wildman–Crippen MR) is 149 cm³/mol. The molecule has 0 N–H and O–H groups in total. The van der Waals surface area contributed by atoms with Gasteiger partial charge in [0, 0.05) is 12.7 Å². The van der Waals surface area contributed by atoms with Gasteiger partial charge in [-0.2, -0.15) is 13.2 Å². The van der Waals surface area contributed by atoms with E-state index in [4.69, 9.17) is 13.9 Å². The molecule has 0 saturated carbocycles. The summed E-state index contributed by atoms with van der Waals surface area (Å²) in [6.45, 7) is 8.14. The summed E-state index contributed by atoms with van der Waals surface area (Å²) >= 11 is 0. The molecule has 0 aromatic heterocycles. The number of carbonyl (C=O) groups excluding carboxylic acids is 1. The Bertz CT molecular complexity index is 1190. The molecule has 4 nitrogen and oxygen atoms in total. The number of halogens is 3. The number of carbonyl (C=O) groups is 1. The Kier molecular flexibility index (Phi) is 9.59. The summed E-state index contributed by atoms with van der Waals surface area (Å²) in [6.07, 6.45) is -2.78. The van der Waals surface area contributed by atoms with Gasteiger partial charge in [-0.3, -0.25) is 0 Å². The van der Waals surface area contributed by atoms with Crippen LogP contribution in [0, 0.1) is 0 Å². The molecule has 0 fully saturated rings. The van der Waals surface area contributed by atoms with Crippen molar-refractivity contribution in [2.75, 3.05) is 13.7 Å². The van der Waals surface area contributed by atoms with Gasteiger partial charge in [0.05, 0.1) is 6.61 Å². The maximum atomic E-state index is 14.2. The van der Waals surface area contributed by atoms with E-state index in [-0.39, 0.29) is 17.2 Å². The van der Waals surface area contributed by atoms with Gasteiger partial charge in [0.15, 0.2) is 0 Å². The van der Waals surface area contributed by atoms with E-state index >= 15 is 0 Å². The van der Waals surface area contributed by atoms with Crippen LogP contribution in [0.15, 0.2) is 103 Å². The van der Waals surface area contributed by atoms with Crippen molar-refractivity contribution in [1.29, 1.82) is 0 Å². The van der Waals surface area contributed by atoms with Gasteiger partial charge in [0.25, 0.3) is 13.9 Å². The fraction of sp³-hybridized carbons (Fsp3) is 0.323. The van der Waals surface area contributed by atoms with E-state index in [0.29, 0.717) is 0 Å². The molecule has 0 amide bonds. The highest BCUT2D eigenvalue weighted by atomic mass is 28.4. The molecular formula is C31H35F3O4Si. The number of esters is 1. The van der Waals surface area contributed by atoms with Crippen molar-refractivity contribution >= 4 is 24.7 Å². The minimum atomic E-state index is -5.03. The Balaban J connectivity index is 1.83. The van der Waals surface area contributed by atoms with Gasteiger partial charge in [-0.05, 0) is 28.4 Å². The summed E-state index contributed by atoms with van der Waals surface area (Å²) in [6, 6.07) is 26.9. The molecule has 0 aliphatic carbocycles. The monoisotopic (exact) mass is 556 g/mol. The fourth-order valence-corrected chi connectivity index (χ4v) is 9.36. The predicted octanol–water partition coefficient (Wildman–Crippen LogP) is 6.16. The second kappa shape index (κ2) is 12.3. The third-order valence-corrected chi connectivity index (χ3v) is 11.7. The van der Waals surface area contributed by atoms with Crippen molar-refractivity contribution in [3.63, 3.8) is 0 Å². The molecule has 8 heteroatoms. The quantitative estimate of drug-likeness (QED) is 0.171. The lowest BCUT2D eigenvalue weighted by atomic mass is 9.92. The number of rotatable bonds is 10. The molecule has 0 unspecified atom stereocenters. The van der Waals surface area contributed by atoms with Crippen LogP contribution < -0.4 is 10.4 Å². The van der Waals surface area contributed by atoms with E-state index < -0.39 is 32.2 Å². The Morgan fingerprint density at radius 1 is 0.846 bits per heavy atom. The van der Waals surface area contributed by atoms with Crippen molar-refractivity contribution in [3.8, 4) is 0 Å². The molecule has 0 radical (unpaired) electrons. The normalized spacial score (nSPS) is 15.1. The van der Waals surface area contributed by atoms with E-state index in [1.807, 2.05) is 36.4 Å². The molecule has 0 aliphatic rings. The fourth-order valence-electron chi connectivity index (χ4n) is 4.86. The highest BCUT2D eigenvalue weighted by Crippen LogP contribution is 2.43. The lowest BCUT2D eigenvalue weighted by Crippen LogP contribution is -2.66. The molecule has 3 rings (SSSR count). The van der Waals surface area contributed by atoms with Gasteiger partial charge in [0.2, 0.25) is 0 Å². The van der Waals surface area contributed by atoms with Crippen LogP contribution in [-0.2, 0) is 24.3 Å². The number of alkyl halides is 3. The summed E-state index contributed by atoms with van der Waals surface area (Å²) in [5, 5.41) is 1.98. The van der Waals surface area contributed by atoms with E-state index in [1.54, 1.807) is 12.1 Å². The minimum Gasteiger partial charge on any atom is -0.456 e. The summed E-state index contributed by atoms with van der Waals surface area (Å²) < 4.78 is 59.3. The van der Waals surface area contributed by atoms with Crippen molar-refractivity contribution in [1.82, 2.24) is 0 Å². The number of methoxy groups -OCH3 is 1. The van der Waals surface area contributed by atoms with Gasteiger partial charge >= 0.3 is 12.1 Å². The summed E-state index contributed by atoms with van der Waals surface area (Å²) in [5.74, 6) is -1.53. The molecule has 3 aromatic rings. The van der Waals surface area contributed by atoms with E-state index in [2.05, 4.69) is 45.0 Å². The van der Waals surface area contributed by atoms with Gasteiger partial charge in [0.1, 0.15) is 6.10 Å². The zero-order chi connectivity index (χ0) is 28.7. The molecule has 3 aromatic carbocycles. The smallest absolute Gasteiger partial charge is 0.432 e.